The van der Waals surface area contributed by atoms with E-state index in [0.29, 0.717) is 17.0 Å². The van der Waals surface area contributed by atoms with Crippen LogP contribution >= 0.6 is 0 Å². The molecular weight excluding hydrogens is 289 g/mol. The van der Waals surface area contributed by atoms with Gasteiger partial charge in [0.05, 0.1) is 24.4 Å². The normalized spacial score (nSPS) is 14.9. The molecule has 1 heterocycles. The summed E-state index contributed by atoms with van der Waals surface area (Å²) in [6.45, 7) is -1.61. The Hall–Kier alpha value is -2.03. The quantitative estimate of drug-likeness (QED) is 0.633. The minimum Gasteiger partial charge on any atom is -0.302 e. The van der Waals surface area contributed by atoms with Crippen molar-refractivity contribution in [3.05, 3.63) is 29.3 Å². The molecule has 20 heavy (non-hydrogen) atoms. The number of Topliss-reactive ketones (excluding diaryl/α,β-unsaturated/α-hetero) is 1. The van der Waals surface area contributed by atoms with E-state index < -0.39 is 54.1 Å². The number of halogens is 5. The minimum atomic E-state index is -4.90. The van der Waals surface area contributed by atoms with Crippen LogP contribution in [0.3, 0.4) is 0 Å². The molecule has 0 aromatic heterocycles. The molecular formula is C11H6F5NO3. The standard InChI is InChI=1S/C11H6F5NO3/c12-5-3-6(13)8-7(4-5)17(10(19)9(8)18)1-2-20-11(14,15)16/h3-4H,1-2H2. The zero-order chi connectivity index (χ0) is 15.1. The van der Waals surface area contributed by atoms with Gasteiger partial charge in [-0.05, 0) is 6.07 Å². The number of hydrogen-bond acceptors (Lipinski definition) is 3. The number of alkyl halides is 3. The number of fused-ring (bicyclic) bond motifs is 1. The molecule has 0 unspecified atom stereocenters. The van der Waals surface area contributed by atoms with E-state index in [-0.39, 0.29) is 0 Å². The van der Waals surface area contributed by atoms with Crippen LogP contribution in [0.5, 0.6) is 0 Å². The lowest BCUT2D eigenvalue weighted by molar-refractivity contribution is -0.323. The Morgan fingerprint density at radius 3 is 2.40 bits per heavy atom. The zero-order valence-electron chi connectivity index (χ0n) is 9.63. The first kappa shape index (κ1) is 14.4. The van der Waals surface area contributed by atoms with E-state index in [2.05, 4.69) is 4.74 Å². The molecule has 0 aliphatic carbocycles. The van der Waals surface area contributed by atoms with Crippen LogP contribution in [0.4, 0.5) is 27.6 Å². The van der Waals surface area contributed by atoms with Crippen molar-refractivity contribution in [2.45, 2.75) is 6.36 Å². The van der Waals surface area contributed by atoms with Gasteiger partial charge in [0.25, 0.3) is 11.7 Å². The molecule has 0 N–H and O–H groups in total. The van der Waals surface area contributed by atoms with Crippen LogP contribution in [0.1, 0.15) is 10.4 Å². The molecule has 0 spiro atoms. The van der Waals surface area contributed by atoms with Crippen LogP contribution in [0.2, 0.25) is 0 Å². The van der Waals surface area contributed by atoms with Gasteiger partial charge < -0.3 is 4.90 Å². The Balaban J connectivity index is 2.25. The molecule has 0 bridgehead atoms. The highest BCUT2D eigenvalue weighted by Crippen LogP contribution is 2.32. The molecule has 1 aromatic carbocycles. The van der Waals surface area contributed by atoms with Gasteiger partial charge in [0.15, 0.2) is 0 Å². The number of ketones is 1. The van der Waals surface area contributed by atoms with Crippen molar-refractivity contribution in [3.63, 3.8) is 0 Å². The fraction of sp³-hybridized carbons (Fsp3) is 0.273. The van der Waals surface area contributed by atoms with E-state index in [1.54, 1.807) is 0 Å². The van der Waals surface area contributed by atoms with E-state index >= 15 is 0 Å². The van der Waals surface area contributed by atoms with Crippen molar-refractivity contribution < 1.29 is 36.3 Å². The molecule has 4 nitrogen and oxygen atoms in total. The third-order valence-corrected chi connectivity index (χ3v) is 2.57. The molecule has 0 fully saturated rings. The highest BCUT2D eigenvalue weighted by molar-refractivity contribution is 6.52. The van der Waals surface area contributed by atoms with Crippen LogP contribution in [-0.4, -0.2) is 31.2 Å². The van der Waals surface area contributed by atoms with Crippen LogP contribution < -0.4 is 4.90 Å². The van der Waals surface area contributed by atoms with Gasteiger partial charge in [0.1, 0.15) is 11.6 Å². The molecule has 0 radical (unpaired) electrons. The Kier molecular flexibility index (Phi) is 3.46. The van der Waals surface area contributed by atoms with Crippen LogP contribution in [-0.2, 0) is 9.53 Å². The van der Waals surface area contributed by atoms with Gasteiger partial charge in [-0.2, -0.15) is 0 Å². The van der Waals surface area contributed by atoms with Crippen molar-refractivity contribution in [3.8, 4) is 0 Å². The van der Waals surface area contributed by atoms with Crippen molar-refractivity contribution >= 4 is 17.4 Å². The fourth-order valence-corrected chi connectivity index (χ4v) is 1.81. The summed E-state index contributed by atoms with van der Waals surface area (Å²) in [5.41, 5.74) is -1.05. The summed E-state index contributed by atoms with van der Waals surface area (Å²) in [5.74, 6) is -4.75. The van der Waals surface area contributed by atoms with Gasteiger partial charge in [-0.1, -0.05) is 0 Å². The van der Waals surface area contributed by atoms with E-state index in [1.165, 1.54) is 0 Å². The third-order valence-electron chi connectivity index (χ3n) is 2.57. The van der Waals surface area contributed by atoms with Crippen molar-refractivity contribution in [2.75, 3.05) is 18.1 Å². The van der Waals surface area contributed by atoms with Gasteiger partial charge >= 0.3 is 6.36 Å². The highest BCUT2D eigenvalue weighted by Gasteiger charge is 2.39. The summed E-state index contributed by atoms with van der Waals surface area (Å²) in [6, 6.07) is 1.12. The van der Waals surface area contributed by atoms with E-state index in [1.807, 2.05) is 0 Å². The molecule has 1 aliphatic heterocycles. The second-order valence-electron chi connectivity index (χ2n) is 3.86. The average molecular weight is 295 g/mol. The second-order valence-corrected chi connectivity index (χ2v) is 3.86. The van der Waals surface area contributed by atoms with E-state index in [0.717, 1.165) is 0 Å². The maximum absolute atomic E-state index is 13.4. The highest BCUT2D eigenvalue weighted by atomic mass is 19.4. The lowest BCUT2D eigenvalue weighted by atomic mass is 10.1. The second kappa shape index (κ2) is 4.82. The van der Waals surface area contributed by atoms with Crippen molar-refractivity contribution in [1.82, 2.24) is 0 Å². The predicted octanol–water partition coefficient (Wildman–Crippen LogP) is 2.03. The Morgan fingerprint density at radius 1 is 1.15 bits per heavy atom. The van der Waals surface area contributed by atoms with E-state index in [4.69, 9.17) is 0 Å². The maximum Gasteiger partial charge on any atom is 0.522 e. The van der Waals surface area contributed by atoms with Gasteiger partial charge in [0.2, 0.25) is 0 Å². The number of anilines is 1. The number of hydrogen-bond donors (Lipinski definition) is 0. The monoisotopic (exact) mass is 295 g/mol. The molecule has 1 aliphatic rings. The smallest absolute Gasteiger partial charge is 0.302 e. The molecule has 0 saturated heterocycles. The number of carbonyl (C=O) groups is 2. The minimum absolute atomic E-state index is 0.400. The first-order chi connectivity index (χ1) is 9.20. The first-order valence-electron chi connectivity index (χ1n) is 5.26. The number of ether oxygens (including phenoxy) is 1. The summed E-state index contributed by atoms with van der Waals surface area (Å²) in [4.78, 5) is 23.6. The molecule has 0 atom stereocenters. The topological polar surface area (TPSA) is 46.6 Å². The van der Waals surface area contributed by atoms with Crippen molar-refractivity contribution in [1.29, 1.82) is 0 Å². The first-order valence-corrected chi connectivity index (χ1v) is 5.26. The molecule has 1 amide bonds. The predicted molar refractivity (Wildman–Crippen MR) is 55.0 cm³/mol. The number of carbonyl (C=O) groups excluding carboxylic acids is 2. The van der Waals surface area contributed by atoms with Crippen LogP contribution in [0.15, 0.2) is 12.1 Å². The summed E-state index contributed by atoms with van der Waals surface area (Å²) < 4.78 is 65.4. The summed E-state index contributed by atoms with van der Waals surface area (Å²) in [7, 11) is 0. The Bertz CT molecular complexity index is 584. The number of nitrogens with zero attached hydrogens (tertiary/aromatic N) is 1. The molecule has 0 saturated carbocycles. The summed E-state index contributed by atoms with van der Waals surface area (Å²) >= 11 is 0. The van der Waals surface area contributed by atoms with E-state index in [9.17, 15) is 31.5 Å². The zero-order valence-corrected chi connectivity index (χ0v) is 9.63. The van der Waals surface area contributed by atoms with Gasteiger partial charge in [-0.3, -0.25) is 14.3 Å². The van der Waals surface area contributed by atoms with Crippen LogP contribution in [0.25, 0.3) is 0 Å². The SMILES string of the molecule is O=C1C(=O)N(CCOC(F)(F)F)c2cc(F)cc(F)c21. The van der Waals surface area contributed by atoms with Gasteiger partial charge in [0, 0.05) is 6.07 Å². The summed E-state index contributed by atoms with van der Waals surface area (Å²) in [5, 5.41) is 0. The van der Waals surface area contributed by atoms with Crippen LogP contribution in [0, 0.1) is 11.6 Å². The fourth-order valence-electron chi connectivity index (χ4n) is 1.81. The maximum atomic E-state index is 13.4. The largest absolute Gasteiger partial charge is 0.522 e. The summed E-state index contributed by atoms with van der Waals surface area (Å²) in [6.07, 6.45) is -4.90. The van der Waals surface area contributed by atoms with Gasteiger partial charge in [-0.15, -0.1) is 13.2 Å². The molecule has 108 valence electrons. The molecule has 2 rings (SSSR count). The molecule has 1 aromatic rings. The van der Waals surface area contributed by atoms with Gasteiger partial charge in [-0.25, -0.2) is 8.78 Å². The molecule has 9 heteroatoms. The number of amides is 1. The Labute approximate surface area is 108 Å². The number of benzene rings is 1. The lowest BCUT2D eigenvalue weighted by Gasteiger charge is -2.17. The van der Waals surface area contributed by atoms with Crippen molar-refractivity contribution in [2.24, 2.45) is 0 Å². The number of rotatable bonds is 3. The Morgan fingerprint density at radius 2 is 1.80 bits per heavy atom. The lowest BCUT2D eigenvalue weighted by Crippen LogP contribution is -2.34. The average Bonchev–Trinajstić information content (AvgIpc) is 2.52. The third kappa shape index (κ3) is 2.62.